The first-order chi connectivity index (χ1) is 8.88. The highest BCUT2D eigenvalue weighted by molar-refractivity contribution is 7.12. The minimum absolute atomic E-state index is 0.155. The quantitative estimate of drug-likeness (QED) is 0.930. The van der Waals surface area contributed by atoms with Gasteiger partial charge in [0.25, 0.3) is 0 Å². The lowest BCUT2D eigenvalue weighted by molar-refractivity contribution is 0.170. The molecule has 2 aromatic heterocycles. The first kappa shape index (κ1) is 14.3. The van der Waals surface area contributed by atoms with Crippen molar-refractivity contribution in [2.45, 2.75) is 45.1 Å². The second kappa shape index (κ2) is 5.47. The summed E-state index contributed by atoms with van der Waals surface area (Å²) in [4.78, 5) is 6.65. The molecule has 3 nitrogen and oxygen atoms in total. The number of hydrogen-bond donors (Lipinski definition) is 1. The van der Waals surface area contributed by atoms with Crippen molar-refractivity contribution < 1.29 is 5.11 Å². The fourth-order valence-electron chi connectivity index (χ4n) is 1.98. The van der Waals surface area contributed by atoms with E-state index < -0.39 is 6.10 Å². The van der Waals surface area contributed by atoms with E-state index in [1.807, 2.05) is 23.9 Å². The summed E-state index contributed by atoms with van der Waals surface area (Å²) >= 11 is 1.71. The molecule has 0 saturated heterocycles. The number of imidazole rings is 1. The Balaban J connectivity index is 1.98. The molecule has 4 heteroatoms. The fraction of sp³-hybridized carbons (Fsp3) is 0.533. The van der Waals surface area contributed by atoms with Gasteiger partial charge in [-0.25, -0.2) is 4.98 Å². The largest absolute Gasteiger partial charge is 0.388 e. The van der Waals surface area contributed by atoms with Crippen molar-refractivity contribution in [3.63, 3.8) is 0 Å². The number of aryl methyl sites for hydroxylation is 2. The third-order valence-corrected chi connectivity index (χ3v) is 4.87. The number of nitrogens with zero attached hydrogens (tertiary/aromatic N) is 2. The zero-order chi connectivity index (χ0) is 14.0. The summed E-state index contributed by atoms with van der Waals surface area (Å²) in [6.45, 7) is 6.59. The molecule has 2 rings (SSSR count). The van der Waals surface area contributed by atoms with E-state index in [2.05, 4.69) is 31.8 Å². The van der Waals surface area contributed by atoms with Crippen LogP contribution in [0.4, 0.5) is 0 Å². The van der Waals surface area contributed by atoms with E-state index in [1.165, 1.54) is 4.88 Å². The Kier molecular flexibility index (Phi) is 4.11. The molecule has 0 aliphatic heterocycles. The lowest BCUT2D eigenvalue weighted by Gasteiger charge is -2.15. The second-order valence-electron chi connectivity index (χ2n) is 5.96. The Labute approximate surface area is 118 Å². The summed E-state index contributed by atoms with van der Waals surface area (Å²) in [5, 5.41) is 10.3. The van der Waals surface area contributed by atoms with Crippen molar-refractivity contribution >= 4 is 11.3 Å². The summed E-state index contributed by atoms with van der Waals surface area (Å²) in [6.07, 6.45) is 4.86. The minimum Gasteiger partial charge on any atom is -0.388 e. The molecule has 104 valence electrons. The minimum atomic E-state index is -0.391. The monoisotopic (exact) mass is 278 g/mol. The Bertz CT molecular complexity index is 536. The highest BCUT2D eigenvalue weighted by Gasteiger charge is 2.19. The second-order valence-corrected chi connectivity index (χ2v) is 7.08. The maximum atomic E-state index is 10.3. The summed E-state index contributed by atoms with van der Waals surface area (Å²) < 4.78 is 2.00. The zero-order valence-corrected chi connectivity index (χ0v) is 12.9. The van der Waals surface area contributed by atoms with Crippen molar-refractivity contribution in [3.05, 3.63) is 40.1 Å². The standard InChI is InChI=1S/C15H22N2OS/c1-15(2,3)13-7-6-12(19-13)11(18)5-8-14-16-9-10-17(14)4/h6-7,9-11,18H,5,8H2,1-4H3. The van der Waals surface area contributed by atoms with Gasteiger partial charge in [-0.15, -0.1) is 11.3 Å². The molecule has 0 bridgehead atoms. The van der Waals surface area contributed by atoms with Crippen molar-refractivity contribution in [2.24, 2.45) is 7.05 Å². The number of aromatic nitrogens is 2. The highest BCUT2D eigenvalue weighted by Crippen LogP contribution is 2.33. The van der Waals surface area contributed by atoms with Gasteiger partial charge in [-0.2, -0.15) is 0 Å². The molecule has 1 atom stereocenters. The average Bonchev–Trinajstić information content (AvgIpc) is 2.93. The Hall–Kier alpha value is -1.13. The van der Waals surface area contributed by atoms with E-state index in [9.17, 15) is 5.11 Å². The van der Waals surface area contributed by atoms with Crippen LogP contribution < -0.4 is 0 Å². The predicted molar refractivity (Wildman–Crippen MR) is 79.5 cm³/mol. The van der Waals surface area contributed by atoms with Crippen molar-refractivity contribution in [1.82, 2.24) is 9.55 Å². The van der Waals surface area contributed by atoms with Crippen LogP contribution in [0.3, 0.4) is 0 Å². The molecule has 0 aliphatic carbocycles. The molecule has 2 aromatic rings. The summed E-state index contributed by atoms with van der Waals surface area (Å²) in [5.41, 5.74) is 0.155. The number of thiophene rings is 1. The third kappa shape index (κ3) is 3.45. The number of rotatable bonds is 4. The number of aliphatic hydroxyl groups excluding tert-OH is 1. The normalized spacial score (nSPS) is 13.7. The van der Waals surface area contributed by atoms with Crippen LogP contribution in [-0.4, -0.2) is 14.7 Å². The van der Waals surface area contributed by atoms with Crippen LogP contribution in [0.5, 0.6) is 0 Å². The molecule has 0 fully saturated rings. The van der Waals surface area contributed by atoms with Crippen molar-refractivity contribution in [2.75, 3.05) is 0 Å². The van der Waals surface area contributed by atoms with Crippen LogP contribution in [0, 0.1) is 0 Å². The van der Waals surface area contributed by atoms with Crippen LogP contribution >= 0.6 is 11.3 Å². The maximum Gasteiger partial charge on any atom is 0.108 e. The van der Waals surface area contributed by atoms with E-state index in [-0.39, 0.29) is 5.41 Å². The molecular formula is C15H22N2OS. The van der Waals surface area contributed by atoms with Crippen LogP contribution in [0.25, 0.3) is 0 Å². The molecule has 2 heterocycles. The van der Waals surface area contributed by atoms with E-state index >= 15 is 0 Å². The summed E-state index contributed by atoms with van der Waals surface area (Å²) in [5.74, 6) is 1.02. The topological polar surface area (TPSA) is 38.0 Å². The predicted octanol–water partition coefficient (Wildman–Crippen LogP) is 3.45. The molecule has 0 spiro atoms. The number of aliphatic hydroxyl groups is 1. The Morgan fingerprint density at radius 3 is 2.63 bits per heavy atom. The molecule has 0 aliphatic rings. The SMILES string of the molecule is Cn1ccnc1CCC(O)c1ccc(C(C)(C)C)s1. The molecule has 0 saturated carbocycles. The summed E-state index contributed by atoms with van der Waals surface area (Å²) in [7, 11) is 1.98. The van der Waals surface area contributed by atoms with Crippen LogP contribution in [0.15, 0.2) is 24.5 Å². The lowest BCUT2D eigenvalue weighted by atomic mass is 9.95. The van der Waals surface area contributed by atoms with Crippen LogP contribution in [-0.2, 0) is 18.9 Å². The molecule has 1 unspecified atom stereocenters. The molecular weight excluding hydrogens is 256 g/mol. The van der Waals surface area contributed by atoms with Gasteiger partial charge in [0, 0.05) is 35.6 Å². The molecule has 0 radical (unpaired) electrons. The lowest BCUT2D eigenvalue weighted by Crippen LogP contribution is -2.07. The molecule has 0 aromatic carbocycles. The van der Waals surface area contributed by atoms with E-state index in [1.54, 1.807) is 17.5 Å². The molecule has 0 amide bonds. The fourth-order valence-corrected chi connectivity index (χ4v) is 3.07. The summed E-state index contributed by atoms with van der Waals surface area (Å²) in [6, 6.07) is 4.18. The zero-order valence-electron chi connectivity index (χ0n) is 12.1. The van der Waals surface area contributed by atoms with E-state index in [0.717, 1.165) is 23.5 Å². The average molecular weight is 278 g/mol. The number of hydrogen-bond acceptors (Lipinski definition) is 3. The van der Waals surface area contributed by atoms with E-state index in [0.29, 0.717) is 0 Å². The van der Waals surface area contributed by atoms with E-state index in [4.69, 9.17) is 0 Å². The molecule has 19 heavy (non-hydrogen) atoms. The van der Waals surface area contributed by atoms with Gasteiger partial charge in [0.1, 0.15) is 5.82 Å². The third-order valence-electron chi connectivity index (χ3n) is 3.26. The van der Waals surface area contributed by atoms with Gasteiger partial charge in [0.2, 0.25) is 0 Å². The van der Waals surface area contributed by atoms with Gasteiger partial charge >= 0.3 is 0 Å². The highest BCUT2D eigenvalue weighted by atomic mass is 32.1. The van der Waals surface area contributed by atoms with Crippen molar-refractivity contribution in [3.8, 4) is 0 Å². The van der Waals surface area contributed by atoms with Gasteiger partial charge < -0.3 is 9.67 Å². The van der Waals surface area contributed by atoms with Gasteiger partial charge in [-0.1, -0.05) is 20.8 Å². The first-order valence-electron chi connectivity index (χ1n) is 6.62. The van der Waals surface area contributed by atoms with Crippen LogP contribution in [0.1, 0.15) is 48.9 Å². The van der Waals surface area contributed by atoms with Gasteiger partial charge in [-0.3, -0.25) is 0 Å². The Morgan fingerprint density at radius 2 is 2.11 bits per heavy atom. The smallest absolute Gasteiger partial charge is 0.108 e. The van der Waals surface area contributed by atoms with Gasteiger partial charge in [0.15, 0.2) is 0 Å². The van der Waals surface area contributed by atoms with Gasteiger partial charge in [0.05, 0.1) is 6.10 Å². The molecule has 1 N–H and O–H groups in total. The first-order valence-corrected chi connectivity index (χ1v) is 7.44. The van der Waals surface area contributed by atoms with Crippen LogP contribution in [0.2, 0.25) is 0 Å². The Morgan fingerprint density at radius 1 is 1.37 bits per heavy atom. The maximum absolute atomic E-state index is 10.3. The van der Waals surface area contributed by atoms with Gasteiger partial charge in [-0.05, 0) is 24.0 Å². The van der Waals surface area contributed by atoms with Crippen molar-refractivity contribution in [1.29, 1.82) is 0 Å².